The molecule has 0 saturated carbocycles. The molecule has 0 aromatic heterocycles. The van der Waals surface area contributed by atoms with E-state index in [1.807, 2.05) is 19.0 Å². The van der Waals surface area contributed by atoms with E-state index in [0.29, 0.717) is 24.7 Å². The average Bonchev–Trinajstić information content (AvgIpc) is 1.81. The Bertz CT molecular complexity index is 169. The van der Waals surface area contributed by atoms with E-state index in [4.69, 9.17) is 11.6 Å². The molecule has 0 aliphatic rings. The first-order valence-corrected chi connectivity index (χ1v) is 4.62. The lowest BCUT2D eigenvalue weighted by Crippen LogP contribution is -2.45. The van der Waals surface area contributed by atoms with Crippen LogP contribution in [-0.4, -0.2) is 49.3 Å². The highest BCUT2D eigenvalue weighted by atomic mass is 35.5. The highest BCUT2D eigenvalue weighted by Crippen LogP contribution is 2.03. The Kier molecular flexibility index (Phi) is 5.56. The van der Waals surface area contributed by atoms with E-state index in [1.54, 1.807) is 6.92 Å². The number of halogens is 1. The Balaban J connectivity index is 3.68. The summed E-state index contributed by atoms with van der Waals surface area (Å²) in [5.74, 6) is 0. The van der Waals surface area contributed by atoms with Gasteiger partial charge in [0.1, 0.15) is 0 Å². The van der Waals surface area contributed by atoms with Gasteiger partial charge in [-0.3, -0.25) is 0 Å². The number of hydrogen-bond donors (Lipinski definition) is 2. The van der Waals surface area contributed by atoms with Crippen LogP contribution in [0.3, 0.4) is 0 Å². The summed E-state index contributed by atoms with van der Waals surface area (Å²) in [6.07, 6.45) is 0. The number of rotatable bonds is 6. The molecule has 0 rings (SSSR count). The van der Waals surface area contributed by atoms with Crippen molar-refractivity contribution >= 4 is 11.6 Å². The molecule has 2 N–H and O–H groups in total. The lowest BCUT2D eigenvalue weighted by molar-refractivity contribution is 0.0347. The number of aliphatic hydroxyl groups is 1. The summed E-state index contributed by atoms with van der Waals surface area (Å²) >= 11 is 5.56. The molecule has 0 radical (unpaired) electrons. The molecule has 0 aromatic rings. The minimum absolute atomic E-state index is 0.511. The van der Waals surface area contributed by atoms with Gasteiger partial charge < -0.3 is 15.3 Å². The molecular weight excluding hydrogens is 188 g/mol. The summed E-state index contributed by atoms with van der Waals surface area (Å²) in [6.45, 7) is 7.00. The molecule has 78 valence electrons. The fourth-order valence-corrected chi connectivity index (χ4v) is 1.30. The van der Waals surface area contributed by atoms with E-state index in [-0.39, 0.29) is 0 Å². The minimum Gasteiger partial charge on any atom is -0.388 e. The summed E-state index contributed by atoms with van der Waals surface area (Å²) in [4.78, 5) is 1.94. The van der Waals surface area contributed by atoms with Gasteiger partial charge in [-0.15, -0.1) is 0 Å². The molecule has 1 unspecified atom stereocenters. The molecule has 0 aliphatic heterocycles. The van der Waals surface area contributed by atoms with Crippen LogP contribution < -0.4 is 5.32 Å². The van der Waals surface area contributed by atoms with Crippen LogP contribution >= 0.6 is 11.6 Å². The van der Waals surface area contributed by atoms with Crippen LogP contribution in [0.25, 0.3) is 0 Å². The van der Waals surface area contributed by atoms with Crippen LogP contribution in [0.1, 0.15) is 6.92 Å². The van der Waals surface area contributed by atoms with Crippen molar-refractivity contribution in [3.63, 3.8) is 0 Å². The van der Waals surface area contributed by atoms with E-state index in [9.17, 15) is 5.11 Å². The van der Waals surface area contributed by atoms with Gasteiger partial charge in [0, 0.05) is 24.7 Å². The van der Waals surface area contributed by atoms with Crippen LogP contribution in [0, 0.1) is 0 Å². The van der Waals surface area contributed by atoms with Crippen molar-refractivity contribution in [3.8, 4) is 0 Å². The van der Waals surface area contributed by atoms with Crippen LogP contribution in [0.5, 0.6) is 0 Å². The maximum Gasteiger partial charge on any atom is 0.0869 e. The Labute approximate surface area is 85.4 Å². The third-order valence-corrected chi connectivity index (χ3v) is 1.61. The summed E-state index contributed by atoms with van der Waals surface area (Å²) < 4.78 is 0. The standard InChI is InChI=1S/C9H19ClN2O/c1-8(10)5-11-6-9(2,13)7-12(3)4/h11,13H,1,5-7H2,2-4H3. The molecule has 4 heteroatoms. The Morgan fingerprint density at radius 2 is 2.15 bits per heavy atom. The van der Waals surface area contributed by atoms with Gasteiger partial charge in [0.15, 0.2) is 0 Å². The molecule has 0 fully saturated rings. The molecule has 0 bridgehead atoms. The molecule has 0 aliphatic carbocycles. The zero-order valence-corrected chi connectivity index (χ0v) is 9.36. The molecule has 0 heterocycles. The second-order valence-corrected chi connectivity index (χ2v) is 4.39. The summed E-state index contributed by atoms with van der Waals surface area (Å²) in [6, 6.07) is 0. The lowest BCUT2D eigenvalue weighted by atomic mass is 10.1. The van der Waals surface area contributed by atoms with Crippen LogP contribution in [0.15, 0.2) is 11.6 Å². The third kappa shape index (κ3) is 8.25. The first kappa shape index (κ1) is 12.9. The van der Waals surface area contributed by atoms with Crippen molar-refractivity contribution in [2.45, 2.75) is 12.5 Å². The SMILES string of the molecule is C=C(Cl)CNCC(C)(O)CN(C)C. The Hall–Kier alpha value is -0.0900. The van der Waals surface area contributed by atoms with Gasteiger partial charge >= 0.3 is 0 Å². The van der Waals surface area contributed by atoms with E-state index in [2.05, 4.69) is 11.9 Å². The van der Waals surface area contributed by atoms with Crippen molar-refractivity contribution in [3.05, 3.63) is 11.6 Å². The highest BCUT2D eigenvalue weighted by molar-refractivity contribution is 6.29. The normalized spacial score (nSPS) is 15.8. The first-order valence-electron chi connectivity index (χ1n) is 4.24. The summed E-state index contributed by atoms with van der Waals surface area (Å²) in [5, 5.41) is 13.4. The molecule has 0 spiro atoms. The Morgan fingerprint density at radius 3 is 2.54 bits per heavy atom. The topological polar surface area (TPSA) is 35.5 Å². The van der Waals surface area contributed by atoms with E-state index >= 15 is 0 Å². The number of nitrogens with zero attached hydrogens (tertiary/aromatic N) is 1. The van der Waals surface area contributed by atoms with E-state index in [0.717, 1.165) is 0 Å². The molecular formula is C9H19ClN2O. The number of nitrogens with one attached hydrogen (secondary N) is 1. The number of hydrogen-bond acceptors (Lipinski definition) is 3. The lowest BCUT2D eigenvalue weighted by Gasteiger charge is -2.27. The minimum atomic E-state index is -0.726. The van der Waals surface area contributed by atoms with E-state index < -0.39 is 5.60 Å². The molecule has 0 amide bonds. The fraction of sp³-hybridized carbons (Fsp3) is 0.778. The van der Waals surface area contributed by atoms with Gasteiger partial charge in [0.2, 0.25) is 0 Å². The highest BCUT2D eigenvalue weighted by Gasteiger charge is 2.20. The molecule has 1 atom stereocenters. The fourth-order valence-electron chi connectivity index (χ4n) is 1.20. The van der Waals surface area contributed by atoms with Crippen molar-refractivity contribution in [2.75, 3.05) is 33.7 Å². The van der Waals surface area contributed by atoms with Gasteiger partial charge in [-0.05, 0) is 21.0 Å². The van der Waals surface area contributed by atoms with Gasteiger partial charge in [-0.25, -0.2) is 0 Å². The van der Waals surface area contributed by atoms with Crippen molar-refractivity contribution in [1.82, 2.24) is 10.2 Å². The van der Waals surface area contributed by atoms with Crippen molar-refractivity contribution in [1.29, 1.82) is 0 Å². The largest absolute Gasteiger partial charge is 0.388 e. The maximum atomic E-state index is 9.82. The van der Waals surface area contributed by atoms with Crippen molar-refractivity contribution in [2.24, 2.45) is 0 Å². The molecule has 13 heavy (non-hydrogen) atoms. The van der Waals surface area contributed by atoms with Gasteiger partial charge in [-0.2, -0.15) is 0 Å². The second-order valence-electron chi connectivity index (χ2n) is 3.86. The summed E-state index contributed by atoms with van der Waals surface area (Å²) in [7, 11) is 3.85. The quantitative estimate of drug-likeness (QED) is 0.670. The molecule has 0 saturated heterocycles. The zero-order valence-electron chi connectivity index (χ0n) is 8.60. The van der Waals surface area contributed by atoms with Gasteiger partial charge in [0.05, 0.1) is 5.60 Å². The van der Waals surface area contributed by atoms with Crippen LogP contribution in [0.2, 0.25) is 0 Å². The summed E-state index contributed by atoms with van der Waals surface area (Å²) in [5.41, 5.74) is -0.726. The van der Waals surface area contributed by atoms with Crippen LogP contribution in [0.4, 0.5) is 0 Å². The van der Waals surface area contributed by atoms with Crippen molar-refractivity contribution < 1.29 is 5.11 Å². The monoisotopic (exact) mass is 206 g/mol. The predicted octanol–water partition coefficient (Wildman–Crippen LogP) is 0.641. The molecule has 0 aromatic carbocycles. The third-order valence-electron chi connectivity index (χ3n) is 1.48. The second kappa shape index (κ2) is 5.60. The Morgan fingerprint density at radius 1 is 1.62 bits per heavy atom. The first-order chi connectivity index (χ1) is 5.83. The average molecular weight is 207 g/mol. The van der Waals surface area contributed by atoms with Crippen LogP contribution in [-0.2, 0) is 0 Å². The molecule has 3 nitrogen and oxygen atoms in total. The maximum absolute atomic E-state index is 9.82. The van der Waals surface area contributed by atoms with Gasteiger partial charge in [-0.1, -0.05) is 18.2 Å². The zero-order chi connectivity index (χ0) is 10.5. The number of likely N-dealkylation sites (N-methyl/N-ethyl adjacent to an activating group) is 1. The van der Waals surface area contributed by atoms with E-state index in [1.165, 1.54) is 0 Å². The smallest absolute Gasteiger partial charge is 0.0869 e. The predicted molar refractivity (Wildman–Crippen MR) is 57.0 cm³/mol. The van der Waals surface area contributed by atoms with Gasteiger partial charge in [0.25, 0.3) is 0 Å².